The molecule has 0 saturated carbocycles. The molecule has 0 amide bonds. The van der Waals surface area contributed by atoms with E-state index in [-0.39, 0.29) is 58.0 Å². The first-order valence-corrected chi connectivity index (χ1v) is 9.21. The Kier molecular flexibility index (Phi) is 29.7. The van der Waals surface area contributed by atoms with Crippen LogP contribution in [0, 0.1) is 6.92 Å². The van der Waals surface area contributed by atoms with Crippen molar-refractivity contribution in [2.45, 2.75) is 71.1 Å². The second-order valence-corrected chi connectivity index (χ2v) is 5.74. The van der Waals surface area contributed by atoms with Crippen LogP contribution in [-0.4, -0.2) is 30.7 Å². The zero-order valence-corrected chi connectivity index (χ0v) is 18.5. The Morgan fingerprint density at radius 1 is 0.826 bits per heavy atom. The van der Waals surface area contributed by atoms with Crippen LogP contribution in [0.15, 0.2) is 0 Å². The van der Waals surface area contributed by atoms with E-state index in [0.29, 0.717) is 6.61 Å². The molecule has 0 radical (unpaired) electrons. The van der Waals surface area contributed by atoms with Crippen LogP contribution in [0.2, 0.25) is 0 Å². The Morgan fingerprint density at radius 2 is 1.22 bits per heavy atom. The molecular formula is C14H31KO7S. The minimum absolute atomic E-state index is 0. The quantitative estimate of drug-likeness (QED) is 0.115. The molecule has 0 fully saturated rings. The zero-order valence-electron chi connectivity index (χ0n) is 14.5. The van der Waals surface area contributed by atoms with Gasteiger partial charge in [-0.2, -0.15) is 8.42 Å². The maximum Gasteiger partial charge on any atom is 1.00 e. The van der Waals surface area contributed by atoms with Gasteiger partial charge in [0.05, 0.1) is 6.61 Å². The van der Waals surface area contributed by atoms with Gasteiger partial charge in [0.1, 0.15) is 0 Å². The molecule has 0 aliphatic carbocycles. The molecule has 2 N–H and O–H groups in total. The topological polar surface area (TPSA) is 102 Å². The molecular weight excluding hydrogens is 351 g/mol. The summed E-state index contributed by atoms with van der Waals surface area (Å²) in [7, 11) is -4.67. The molecule has 9 heteroatoms. The van der Waals surface area contributed by atoms with E-state index >= 15 is 0 Å². The van der Waals surface area contributed by atoms with Crippen molar-refractivity contribution in [3.63, 3.8) is 0 Å². The molecule has 0 unspecified atom stereocenters. The number of hydrogen-bond donors (Lipinski definition) is 2. The molecule has 0 heterocycles. The molecule has 0 aromatic heterocycles. The predicted molar refractivity (Wildman–Crippen MR) is 84.4 cm³/mol. The Bertz CT molecular complexity index is 278. The fraction of sp³-hybridized carbons (Fsp3) is 0.929. The molecule has 0 saturated heterocycles. The number of hydrogen-bond acceptors (Lipinski definition) is 5. The Labute approximate surface area is 183 Å². The summed E-state index contributed by atoms with van der Waals surface area (Å²) in [6.07, 6.45) is 13.2. The van der Waals surface area contributed by atoms with Crippen LogP contribution in [0.4, 0.5) is 0 Å². The fourth-order valence-corrected chi connectivity index (χ4v) is 1.75. The summed E-state index contributed by atoms with van der Waals surface area (Å²) in [5, 5.41) is 4.40. The van der Waals surface area contributed by atoms with Gasteiger partial charge in [0.2, 0.25) is 0 Å². The first kappa shape index (κ1) is 29.2. The van der Waals surface area contributed by atoms with Gasteiger partial charge >= 0.3 is 61.8 Å². The van der Waals surface area contributed by atoms with Gasteiger partial charge in [0.15, 0.2) is 0 Å². The molecule has 0 spiro atoms. The van der Waals surface area contributed by atoms with Gasteiger partial charge in [-0.25, -0.2) is 9.78 Å². The van der Waals surface area contributed by atoms with Gasteiger partial charge in [0.25, 0.3) is 0 Å². The Balaban J connectivity index is -0.000000578. The molecule has 0 aliphatic rings. The van der Waals surface area contributed by atoms with Crippen LogP contribution in [0.3, 0.4) is 0 Å². The summed E-state index contributed by atoms with van der Waals surface area (Å²) >= 11 is 0. The second kappa shape index (κ2) is 23.4. The molecule has 0 aromatic rings. The minimum atomic E-state index is -4.67. The van der Waals surface area contributed by atoms with Gasteiger partial charge in [-0.1, -0.05) is 69.7 Å². The molecule has 136 valence electrons. The van der Waals surface area contributed by atoms with Gasteiger partial charge < -0.3 is 6.92 Å². The van der Waals surface area contributed by atoms with E-state index in [1.165, 1.54) is 57.8 Å². The normalized spacial score (nSPS) is 10.6. The molecule has 0 aromatic carbocycles. The summed E-state index contributed by atoms with van der Waals surface area (Å²) < 4.78 is 31.6. The van der Waals surface area contributed by atoms with Gasteiger partial charge in [-0.3, -0.25) is 9.11 Å². The summed E-state index contributed by atoms with van der Waals surface area (Å²) in [6.45, 7) is 6.59. The van der Waals surface area contributed by atoms with Crippen molar-refractivity contribution in [2.24, 2.45) is 0 Å². The van der Waals surface area contributed by atoms with Crippen molar-refractivity contribution in [1.29, 1.82) is 0 Å². The molecule has 23 heavy (non-hydrogen) atoms. The smallest absolute Gasteiger partial charge is 0.315 e. The van der Waals surface area contributed by atoms with E-state index in [1.807, 2.05) is 0 Å². The number of rotatable bonds is 14. The van der Waals surface area contributed by atoms with E-state index in [0.717, 1.165) is 6.42 Å². The summed E-state index contributed by atoms with van der Waals surface area (Å²) in [5.74, 6) is 0. The SMILES string of the molecule is O=S(=O)(O)O.[CH2-]COOOCCCCCCCCCCCC.[K+]. The van der Waals surface area contributed by atoms with E-state index in [4.69, 9.17) is 22.4 Å². The van der Waals surface area contributed by atoms with Crippen LogP contribution < -0.4 is 51.4 Å². The van der Waals surface area contributed by atoms with Crippen molar-refractivity contribution in [1.82, 2.24) is 0 Å². The van der Waals surface area contributed by atoms with Crippen molar-refractivity contribution in [3.05, 3.63) is 6.92 Å². The van der Waals surface area contributed by atoms with Crippen LogP contribution in [0.5, 0.6) is 0 Å². The monoisotopic (exact) mass is 382 g/mol. The van der Waals surface area contributed by atoms with Crippen LogP contribution >= 0.6 is 0 Å². The maximum atomic E-state index is 8.74. The van der Waals surface area contributed by atoms with Crippen molar-refractivity contribution in [3.8, 4) is 0 Å². The molecule has 0 rings (SSSR count). The van der Waals surface area contributed by atoms with E-state index in [1.54, 1.807) is 0 Å². The van der Waals surface area contributed by atoms with Gasteiger partial charge in [0, 0.05) is 0 Å². The largest absolute Gasteiger partial charge is 1.00 e. The van der Waals surface area contributed by atoms with Crippen molar-refractivity contribution >= 4 is 10.4 Å². The Hall–Kier alpha value is 1.39. The third-order valence-corrected chi connectivity index (χ3v) is 2.76. The summed E-state index contributed by atoms with van der Waals surface area (Å²) in [5.41, 5.74) is 0. The number of unbranched alkanes of at least 4 members (excludes halogenated alkanes) is 9. The predicted octanol–water partition coefficient (Wildman–Crippen LogP) is 0.972. The zero-order chi connectivity index (χ0) is 17.1. The van der Waals surface area contributed by atoms with E-state index < -0.39 is 10.4 Å². The third kappa shape index (κ3) is 45.2. The average molecular weight is 383 g/mol. The average Bonchev–Trinajstić information content (AvgIpc) is 2.42. The van der Waals surface area contributed by atoms with Crippen molar-refractivity contribution < 1.29 is 83.7 Å². The fourth-order valence-electron chi connectivity index (χ4n) is 1.75. The first-order valence-electron chi connectivity index (χ1n) is 7.82. The summed E-state index contributed by atoms with van der Waals surface area (Å²) in [4.78, 5) is 9.28. The summed E-state index contributed by atoms with van der Waals surface area (Å²) in [6, 6.07) is 0. The van der Waals surface area contributed by atoms with Crippen LogP contribution in [0.25, 0.3) is 0 Å². The molecule has 0 aliphatic heterocycles. The van der Waals surface area contributed by atoms with Gasteiger partial charge in [-0.05, 0) is 13.0 Å². The van der Waals surface area contributed by atoms with Crippen LogP contribution in [0.1, 0.15) is 71.1 Å². The standard InChI is InChI=1S/C14H29O3.K.H2O4S/c1-3-5-6-7-8-9-10-11-12-13-14-16-17-15-4-2;;1-5(2,3)4/h2-14H2,1H3;;(H2,1,2,3,4)/q-1;+1;. The maximum absolute atomic E-state index is 8.74. The first-order chi connectivity index (χ1) is 10.4. The third-order valence-electron chi connectivity index (χ3n) is 2.76. The van der Waals surface area contributed by atoms with E-state index in [9.17, 15) is 0 Å². The molecule has 0 bridgehead atoms. The molecule has 7 nitrogen and oxygen atoms in total. The van der Waals surface area contributed by atoms with Gasteiger partial charge in [-0.15, -0.1) is 0 Å². The molecule has 0 atom stereocenters. The van der Waals surface area contributed by atoms with Crippen molar-refractivity contribution in [2.75, 3.05) is 13.2 Å². The van der Waals surface area contributed by atoms with E-state index in [2.05, 4.69) is 23.8 Å². The second-order valence-electron chi connectivity index (χ2n) is 4.84. The minimum Gasteiger partial charge on any atom is -0.315 e. The Morgan fingerprint density at radius 3 is 1.61 bits per heavy atom. The van der Waals surface area contributed by atoms with Crippen LogP contribution in [-0.2, 0) is 25.2 Å².